The molecule has 0 aliphatic carbocycles. The third kappa shape index (κ3) is 4.47. The molecule has 0 bridgehead atoms. The first kappa shape index (κ1) is 22.9. The van der Waals surface area contributed by atoms with Crippen LogP contribution in [0.1, 0.15) is 49.4 Å². The molecule has 2 atom stereocenters. The molecule has 6 nitrogen and oxygen atoms in total. The SMILES string of the molecule is CC(c1ccccc1)n1ncc2cc(C(c3ccccc3)C(C)(C)C(=O)Nc3nncs3)ccc21. The van der Waals surface area contributed by atoms with Gasteiger partial charge in [-0.25, -0.2) is 0 Å². The van der Waals surface area contributed by atoms with Crippen LogP contribution in [0.4, 0.5) is 5.13 Å². The predicted molar refractivity (Wildman–Crippen MR) is 141 cm³/mol. The van der Waals surface area contributed by atoms with Crippen LogP contribution in [-0.4, -0.2) is 25.9 Å². The van der Waals surface area contributed by atoms with E-state index < -0.39 is 5.41 Å². The summed E-state index contributed by atoms with van der Waals surface area (Å²) in [7, 11) is 0. The summed E-state index contributed by atoms with van der Waals surface area (Å²) in [6.07, 6.45) is 1.91. The molecule has 0 spiro atoms. The number of nitrogens with zero attached hydrogens (tertiary/aromatic N) is 4. The molecule has 0 saturated heterocycles. The lowest BCUT2D eigenvalue weighted by Gasteiger charge is -2.33. The zero-order chi connectivity index (χ0) is 24.4. The molecule has 2 aromatic heterocycles. The molecule has 35 heavy (non-hydrogen) atoms. The van der Waals surface area contributed by atoms with Gasteiger partial charge in [0.05, 0.1) is 23.2 Å². The van der Waals surface area contributed by atoms with Crippen molar-refractivity contribution in [2.24, 2.45) is 5.41 Å². The topological polar surface area (TPSA) is 72.7 Å². The summed E-state index contributed by atoms with van der Waals surface area (Å²) >= 11 is 1.31. The Labute approximate surface area is 208 Å². The summed E-state index contributed by atoms with van der Waals surface area (Å²) in [5.41, 5.74) is 5.27. The third-order valence-electron chi connectivity index (χ3n) is 6.62. The van der Waals surface area contributed by atoms with E-state index in [2.05, 4.69) is 81.7 Å². The zero-order valence-corrected chi connectivity index (χ0v) is 20.7. The molecule has 0 aliphatic rings. The molecule has 5 aromatic rings. The zero-order valence-electron chi connectivity index (χ0n) is 19.9. The van der Waals surface area contributed by atoms with Crippen molar-refractivity contribution in [3.8, 4) is 0 Å². The van der Waals surface area contributed by atoms with E-state index in [1.165, 1.54) is 16.9 Å². The molecule has 176 valence electrons. The van der Waals surface area contributed by atoms with Crippen molar-refractivity contribution in [3.63, 3.8) is 0 Å². The fraction of sp³-hybridized carbons (Fsp3) is 0.214. The van der Waals surface area contributed by atoms with Crippen LogP contribution in [0.25, 0.3) is 10.9 Å². The van der Waals surface area contributed by atoms with E-state index in [1.54, 1.807) is 5.51 Å². The Morgan fingerprint density at radius 2 is 1.63 bits per heavy atom. The maximum Gasteiger partial charge on any atom is 0.232 e. The number of fused-ring (bicyclic) bond motifs is 1. The second kappa shape index (κ2) is 9.43. The fourth-order valence-electron chi connectivity index (χ4n) is 4.72. The first-order valence-corrected chi connectivity index (χ1v) is 12.5. The number of nitrogens with one attached hydrogen (secondary N) is 1. The molecule has 1 N–H and O–H groups in total. The first-order chi connectivity index (χ1) is 16.9. The summed E-state index contributed by atoms with van der Waals surface area (Å²) in [4.78, 5) is 13.4. The van der Waals surface area contributed by atoms with E-state index in [0.29, 0.717) is 5.13 Å². The molecule has 0 radical (unpaired) electrons. The number of anilines is 1. The molecule has 0 fully saturated rings. The molecular weight excluding hydrogens is 454 g/mol. The Balaban J connectivity index is 1.54. The number of amides is 1. The Kier molecular flexibility index (Phi) is 6.17. The van der Waals surface area contributed by atoms with Crippen LogP contribution in [-0.2, 0) is 4.79 Å². The van der Waals surface area contributed by atoms with Crippen molar-refractivity contribution < 1.29 is 4.79 Å². The van der Waals surface area contributed by atoms with Gasteiger partial charge in [0, 0.05) is 11.3 Å². The normalized spacial score (nSPS) is 13.5. The largest absolute Gasteiger partial charge is 0.300 e. The smallest absolute Gasteiger partial charge is 0.232 e. The lowest BCUT2D eigenvalue weighted by atomic mass is 9.70. The molecule has 3 aromatic carbocycles. The Morgan fingerprint density at radius 1 is 0.943 bits per heavy atom. The van der Waals surface area contributed by atoms with Crippen LogP contribution in [0.2, 0.25) is 0 Å². The van der Waals surface area contributed by atoms with Gasteiger partial charge in [-0.1, -0.05) is 91.9 Å². The van der Waals surface area contributed by atoms with Crippen molar-refractivity contribution in [2.75, 3.05) is 5.32 Å². The van der Waals surface area contributed by atoms with Crippen molar-refractivity contribution in [1.29, 1.82) is 0 Å². The highest BCUT2D eigenvalue weighted by atomic mass is 32.1. The molecule has 1 amide bonds. The number of hydrogen-bond donors (Lipinski definition) is 1. The number of carbonyl (C=O) groups excluding carboxylic acids is 1. The van der Waals surface area contributed by atoms with E-state index in [9.17, 15) is 4.79 Å². The van der Waals surface area contributed by atoms with Gasteiger partial charge in [0.25, 0.3) is 0 Å². The van der Waals surface area contributed by atoms with E-state index in [1.807, 2.05) is 44.3 Å². The first-order valence-electron chi connectivity index (χ1n) is 11.6. The van der Waals surface area contributed by atoms with Gasteiger partial charge < -0.3 is 5.32 Å². The van der Waals surface area contributed by atoms with Crippen LogP contribution in [0, 0.1) is 5.41 Å². The van der Waals surface area contributed by atoms with Gasteiger partial charge in [-0.05, 0) is 35.7 Å². The van der Waals surface area contributed by atoms with Crippen LogP contribution in [0.5, 0.6) is 0 Å². The average Bonchev–Trinajstić information content (AvgIpc) is 3.54. The number of aromatic nitrogens is 4. The van der Waals surface area contributed by atoms with Gasteiger partial charge >= 0.3 is 0 Å². The summed E-state index contributed by atoms with van der Waals surface area (Å²) < 4.78 is 2.05. The van der Waals surface area contributed by atoms with Gasteiger partial charge in [-0.2, -0.15) is 5.10 Å². The lowest BCUT2D eigenvalue weighted by molar-refractivity contribution is -0.124. The molecular formula is C28H27N5OS. The highest BCUT2D eigenvalue weighted by Crippen LogP contribution is 2.42. The standard InChI is InChI=1S/C28H27N5OS/c1-19(20-10-6-4-7-11-20)33-24-15-14-22(16-23(24)17-30-33)25(21-12-8-5-9-13-21)28(2,3)26(34)31-27-32-29-18-35-27/h4-19,25H,1-3H3,(H,31,32,34). The highest BCUT2D eigenvalue weighted by molar-refractivity contribution is 7.13. The van der Waals surface area contributed by atoms with E-state index in [0.717, 1.165) is 22.0 Å². The summed E-state index contributed by atoms with van der Waals surface area (Å²) in [5, 5.41) is 17.0. The molecule has 0 aliphatic heterocycles. The maximum atomic E-state index is 13.4. The van der Waals surface area contributed by atoms with Crippen molar-refractivity contribution in [1.82, 2.24) is 20.0 Å². The minimum absolute atomic E-state index is 0.100. The average molecular weight is 482 g/mol. The molecule has 0 saturated carbocycles. The number of rotatable bonds is 7. The van der Waals surface area contributed by atoms with E-state index >= 15 is 0 Å². The van der Waals surface area contributed by atoms with Crippen LogP contribution in [0.15, 0.2) is 90.6 Å². The van der Waals surface area contributed by atoms with E-state index in [-0.39, 0.29) is 17.9 Å². The quantitative estimate of drug-likeness (QED) is 0.296. The van der Waals surface area contributed by atoms with Crippen LogP contribution < -0.4 is 5.32 Å². The van der Waals surface area contributed by atoms with Crippen LogP contribution >= 0.6 is 11.3 Å². The van der Waals surface area contributed by atoms with Gasteiger partial charge in [-0.3, -0.25) is 9.48 Å². The maximum absolute atomic E-state index is 13.4. The summed E-state index contributed by atoms with van der Waals surface area (Å²) in [5.74, 6) is -0.271. The monoisotopic (exact) mass is 481 g/mol. The van der Waals surface area contributed by atoms with Crippen molar-refractivity contribution >= 4 is 33.3 Å². The molecule has 7 heteroatoms. The fourth-order valence-corrected chi connectivity index (χ4v) is 5.16. The van der Waals surface area contributed by atoms with Gasteiger partial charge in [0.2, 0.25) is 11.0 Å². The van der Waals surface area contributed by atoms with Crippen molar-refractivity contribution in [2.45, 2.75) is 32.7 Å². The Hall–Kier alpha value is -3.84. The van der Waals surface area contributed by atoms with Crippen LogP contribution in [0.3, 0.4) is 0 Å². The van der Waals surface area contributed by atoms with Gasteiger partial charge in [0.1, 0.15) is 5.51 Å². The lowest BCUT2D eigenvalue weighted by Crippen LogP contribution is -2.37. The summed E-state index contributed by atoms with van der Waals surface area (Å²) in [6, 6.07) is 27.1. The van der Waals surface area contributed by atoms with Gasteiger partial charge in [0.15, 0.2) is 0 Å². The third-order valence-corrected chi connectivity index (χ3v) is 7.23. The highest BCUT2D eigenvalue weighted by Gasteiger charge is 2.39. The molecule has 2 heterocycles. The second-order valence-corrected chi connectivity index (χ2v) is 10.1. The number of hydrogen-bond acceptors (Lipinski definition) is 5. The van der Waals surface area contributed by atoms with E-state index in [4.69, 9.17) is 5.10 Å². The second-order valence-electron chi connectivity index (χ2n) is 9.26. The predicted octanol–water partition coefficient (Wildman–Crippen LogP) is 6.29. The van der Waals surface area contributed by atoms with Gasteiger partial charge in [-0.15, -0.1) is 10.2 Å². The summed E-state index contributed by atoms with van der Waals surface area (Å²) in [6.45, 7) is 6.11. The molecule has 5 rings (SSSR count). The van der Waals surface area contributed by atoms with Crippen molar-refractivity contribution in [3.05, 3.63) is 107 Å². The minimum Gasteiger partial charge on any atom is -0.300 e. The minimum atomic E-state index is -0.756. The Bertz CT molecular complexity index is 1430. The number of benzene rings is 3. The molecule has 2 unspecified atom stereocenters. The number of carbonyl (C=O) groups is 1. The Morgan fingerprint density at radius 3 is 2.29 bits per heavy atom.